The first kappa shape index (κ1) is 20.2. The number of para-hydroxylation sites is 1. The van der Waals surface area contributed by atoms with Crippen LogP contribution in [0.4, 0.5) is 0 Å². The molecule has 1 fully saturated rings. The van der Waals surface area contributed by atoms with Crippen LogP contribution in [0.2, 0.25) is 0 Å². The number of piperidine rings is 1. The van der Waals surface area contributed by atoms with Crippen molar-refractivity contribution in [3.05, 3.63) is 29.8 Å². The van der Waals surface area contributed by atoms with Gasteiger partial charge in [0.1, 0.15) is 5.75 Å². The van der Waals surface area contributed by atoms with E-state index in [-0.39, 0.29) is 24.5 Å². The molecule has 26 heavy (non-hydrogen) atoms. The molecule has 1 aromatic carbocycles. The summed E-state index contributed by atoms with van der Waals surface area (Å²) >= 11 is 0. The average Bonchev–Trinajstić information content (AvgIpc) is 2.61. The first-order chi connectivity index (χ1) is 12.4. The van der Waals surface area contributed by atoms with E-state index in [1.165, 1.54) is 0 Å². The molecular formula is C19H29N3O4. The molecule has 1 atom stereocenters. The van der Waals surface area contributed by atoms with E-state index >= 15 is 0 Å². The van der Waals surface area contributed by atoms with Gasteiger partial charge in [0.25, 0.3) is 0 Å². The minimum absolute atomic E-state index is 0.0132. The number of rotatable bonds is 8. The molecule has 7 nitrogen and oxygen atoms in total. The quantitative estimate of drug-likeness (QED) is 0.726. The van der Waals surface area contributed by atoms with Crippen molar-refractivity contribution in [3.8, 4) is 5.75 Å². The number of benzene rings is 1. The molecule has 1 aliphatic heterocycles. The number of nitrogens with zero attached hydrogens (tertiary/aromatic N) is 2. The van der Waals surface area contributed by atoms with Crippen LogP contribution in [0.1, 0.15) is 31.4 Å². The highest BCUT2D eigenvalue weighted by atomic mass is 16.5. The van der Waals surface area contributed by atoms with Crippen molar-refractivity contribution < 1.29 is 19.4 Å². The second-order valence-electron chi connectivity index (χ2n) is 6.85. The highest BCUT2D eigenvalue weighted by molar-refractivity contribution is 5.78. The number of likely N-dealkylation sites (N-methyl/N-ethyl adjacent to an activating group) is 1. The van der Waals surface area contributed by atoms with Crippen LogP contribution in [0, 0.1) is 0 Å². The van der Waals surface area contributed by atoms with Crippen LogP contribution in [0.5, 0.6) is 5.75 Å². The summed E-state index contributed by atoms with van der Waals surface area (Å²) in [4.78, 5) is 27.2. The van der Waals surface area contributed by atoms with Gasteiger partial charge in [-0.25, -0.2) is 0 Å². The number of carbonyl (C=O) groups is 2. The Morgan fingerprint density at radius 3 is 2.62 bits per heavy atom. The second kappa shape index (κ2) is 9.54. The van der Waals surface area contributed by atoms with E-state index in [0.717, 1.165) is 37.2 Å². The summed E-state index contributed by atoms with van der Waals surface area (Å²) in [6, 6.07) is 7.81. The third-order valence-corrected chi connectivity index (χ3v) is 4.92. The number of likely N-dealkylation sites (tertiary alicyclic amines) is 1. The van der Waals surface area contributed by atoms with E-state index in [1.807, 2.05) is 43.1 Å². The number of amides is 1. The predicted octanol–water partition coefficient (Wildman–Crippen LogP) is 1.35. The zero-order chi connectivity index (χ0) is 19.1. The molecule has 144 valence electrons. The first-order valence-electron chi connectivity index (χ1n) is 8.97. The van der Waals surface area contributed by atoms with Crippen molar-refractivity contribution >= 4 is 11.9 Å². The zero-order valence-corrected chi connectivity index (χ0v) is 15.8. The molecule has 0 radical (unpaired) electrons. The summed E-state index contributed by atoms with van der Waals surface area (Å²) in [5.41, 5.74) is 0.956. The molecule has 1 unspecified atom stereocenters. The molecule has 1 heterocycles. The molecule has 2 N–H and O–H groups in total. The minimum atomic E-state index is -0.806. The SMILES string of the molecule is COc1ccccc1C(C)NC(=O)CN1CCC(N(C)CC(=O)O)CC1. The fourth-order valence-corrected chi connectivity index (χ4v) is 3.45. The van der Waals surface area contributed by atoms with Crippen molar-refractivity contribution in [1.29, 1.82) is 0 Å². The fraction of sp³-hybridized carbons (Fsp3) is 0.579. The molecule has 2 rings (SSSR count). The predicted molar refractivity (Wildman–Crippen MR) is 99.3 cm³/mol. The van der Waals surface area contributed by atoms with Crippen LogP contribution in [0.3, 0.4) is 0 Å². The van der Waals surface area contributed by atoms with Gasteiger partial charge in [-0.3, -0.25) is 19.4 Å². The number of hydrogen-bond acceptors (Lipinski definition) is 5. The van der Waals surface area contributed by atoms with Gasteiger partial charge in [-0.1, -0.05) is 18.2 Å². The maximum Gasteiger partial charge on any atom is 0.317 e. The van der Waals surface area contributed by atoms with Crippen molar-refractivity contribution in [2.45, 2.75) is 31.8 Å². The Bertz CT molecular complexity index is 615. The molecule has 0 bridgehead atoms. The molecule has 0 saturated carbocycles. The highest BCUT2D eigenvalue weighted by Gasteiger charge is 2.25. The lowest BCUT2D eigenvalue weighted by Gasteiger charge is -2.35. The zero-order valence-electron chi connectivity index (χ0n) is 15.8. The van der Waals surface area contributed by atoms with Gasteiger partial charge >= 0.3 is 5.97 Å². The molecule has 7 heteroatoms. The number of aliphatic carboxylic acids is 1. The number of carboxylic acid groups (broad SMARTS) is 1. The third kappa shape index (κ3) is 5.71. The molecule has 1 aliphatic rings. The normalized spacial score (nSPS) is 17.1. The maximum atomic E-state index is 12.4. The maximum absolute atomic E-state index is 12.4. The van der Waals surface area contributed by atoms with E-state index < -0.39 is 5.97 Å². The lowest BCUT2D eigenvalue weighted by atomic mass is 10.0. The Labute approximate surface area is 154 Å². The summed E-state index contributed by atoms with van der Waals surface area (Å²) in [5, 5.41) is 11.9. The highest BCUT2D eigenvalue weighted by Crippen LogP contribution is 2.24. The molecule has 1 amide bonds. The summed E-state index contributed by atoms with van der Waals surface area (Å²) < 4.78 is 5.35. The second-order valence-corrected chi connectivity index (χ2v) is 6.85. The number of hydrogen-bond donors (Lipinski definition) is 2. The average molecular weight is 363 g/mol. The number of ether oxygens (including phenoxy) is 1. The van der Waals surface area contributed by atoms with Crippen molar-refractivity contribution in [3.63, 3.8) is 0 Å². The standard InChI is InChI=1S/C19H29N3O4/c1-14(16-6-4-5-7-17(16)26-3)20-18(23)12-22-10-8-15(9-11-22)21(2)13-19(24)25/h4-7,14-15H,8-13H2,1-3H3,(H,20,23)(H,24,25). The van der Waals surface area contributed by atoms with Crippen molar-refractivity contribution in [2.75, 3.05) is 40.3 Å². The van der Waals surface area contributed by atoms with Gasteiger partial charge in [0.2, 0.25) is 5.91 Å². The van der Waals surface area contributed by atoms with Crippen molar-refractivity contribution in [2.24, 2.45) is 0 Å². The van der Waals surface area contributed by atoms with Crippen LogP contribution < -0.4 is 10.1 Å². The van der Waals surface area contributed by atoms with Gasteiger partial charge in [-0.2, -0.15) is 0 Å². The van der Waals surface area contributed by atoms with Gasteiger partial charge in [0, 0.05) is 24.7 Å². The first-order valence-corrected chi connectivity index (χ1v) is 8.97. The van der Waals surface area contributed by atoms with E-state index in [4.69, 9.17) is 9.84 Å². The lowest BCUT2D eigenvalue weighted by molar-refractivity contribution is -0.138. The van der Waals surface area contributed by atoms with Gasteiger partial charge in [0.15, 0.2) is 0 Å². The van der Waals surface area contributed by atoms with Crippen LogP contribution >= 0.6 is 0 Å². The molecule has 0 spiro atoms. The molecule has 0 aliphatic carbocycles. The Morgan fingerprint density at radius 1 is 1.35 bits per heavy atom. The number of carbonyl (C=O) groups excluding carboxylic acids is 1. The van der Waals surface area contributed by atoms with Gasteiger partial charge in [-0.05, 0) is 32.9 Å². The molecule has 1 aromatic rings. The van der Waals surface area contributed by atoms with E-state index in [1.54, 1.807) is 7.11 Å². The van der Waals surface area contributed by atoms with Gasteiger partial charge in [0.05, 0.1) is 26.2 Å². The summed E-state index contributed by atoms with van der Waals surface area (Å²) in [5.74, 6) is -0.0528. The monoisotopic (exact) mass is 363 g/mol. The minimum Gasteiger partial charge on any atom is -0.496 e. The Kier molecular flexibility index (Phi) is 7.41. The Hall–Kier alpha value is -2.12. The molecule has 0 aromatic heterocycles. The lowest BCUT2D eigenvalue weighted by Crippen LogP contribution is -2.47. The van der Waals surface area contributed by atoms with Crippen LogP contribution in [-0.2, 0) is 9.59 Å². The van der Waals surface area contributed by atoms with Crippen molar-refractivity contribution in [1.82, 2.24) is 15.1 Å². The summed E-state index contributed by atoms with van der Waals surface area (Å²) in [6.45, 7) is 3.95. The molecule has 1 saturated heterocycles. The summed E-state index contributed by atoms with van der Waals surface area (Å²) in [6.07, 6.45) is 1.75. The Morgan fingerprint density at radius 2 is 2.00 bits per heavy atom. The number of carboxylic acids is 1. The van der Waals surface area contributed by atoms with Gasteiger partial charge in [-0.15, -0.1) is 0 Å². The van der Waals surface area contributed by atoms with Gasteiger partial charge < -0.3 is 15.2 Å². The largest absolute Gasteiger partial charge is 0.496 e. The van der Waals surface area contributed by atoms with Crippen LogP contribution in [0.15, 0.2) is 24.3 Å². The fourth-order valence-electron chi connectivity index (χ4n) is 3.45. The number of nitrogens with one attached hydrogen (secondary N) is 1. The van der Waals surface area contributed by atoms with E-state index in [0.29, 0.717) is 6.54 Å². The Balaban J connectivity index is 1.79. The summed E-state index contributed by atoms with van der Waals surface area (Å²) in [7, 11) is 3.47. The van der Waals surface area contributed by atoms with E-state index in [9.17, 15) is 9.59 Å². The smallest absolute Gasteiger partial charge is 0.317 e. The molecular weight excluding hydrogens is 334 g/mol. The third-order valence-electron chi connectivity index (χ3n) is 4.92. The topological polar surface area (TPSA) is 82.1 Å². The van der Waals surface area contributed by atoms with Crippen LogP contribution in [0.25, 0.3) is 0 Å². The van der Waals surface area contributed by atoms with Crippen LogP contribution in [-0.4, -0.2) is 73.2 Å². The van der Waals surface area contributed by atoms with E-state index in [2.05, 4.69) is 10.2 Å². The number of methoxy groups -OCH3 is 1.